The van der Waals surface area contributed by atoms with Crippen LogP contribution in [0.1, 0.15) is 5.69 Å². The van der Waals surface area contributed by atoms with E-state index in [1.807, 2.05) is 5.10 Å². The van der Waals surface area contributed by atoms with Gasteiger partial charge in [0.15, 0.2) is 11.4 Å². The van der Waals surface area contributed by atoms with Gasteiger partial charge in [0, 0.05) is 11.6 Å². The lowest BCUT2D eigenvalue weighted by Crippen LogP contribution is -2.07. The fourth-order valence-electron chi connectivity index (χ4n) is 2.15. The molecule has 0 atom stereocenters. The fraction of sp³-hybridized carbons (Fsp3) is 0.0625. The molecule has 2 aromatic carbocycles. The second kappa shape index (κ2) is 6.00. The molecular formula is C16H10F4N2O3. The van der Waals surface area contributed by atoms with Crippen molar-refractivity contribution in [1.29, 1.82) is 0 Å². The van der Waals surface area contributed by atoms with Crippen molar-refractivity contribution in [2.45, 2.75) is 6.18 Å². The highest BCUT2D eigenvalue weighted by molar-refractivity contribution is 5.74. The number of alkyl halides is 3. The molecule has 0 radical (unpaired) electrons. The maximum absolute atomic E-state index is 13.2. The summed E-state index contributed by atoms with van der Waals surface area (Å²) in [7, 11) is 0. The number of nitrogens with one attached hydrogen (secondary N) is 1. The summed E-state index contributed by atoms with van der Waals surface area (Å²) in [6, 6.07) is 7.70. The van der Waals surface area contributed by atoms with Crippen molar-refractivity contribution in [3.63, 3.8) is 0 Å². The molecule has 0 aliphatic rings. The standard InChI is InChI=1S/C16H10F4N2O3/c17-8-1-4-10(5-2-8)25-14-13(21-22-15(14)16(18,19)20)11-6-3-9(23)7-12(11)24/h1-7,23-24H,(H,21,22). The van der Waals surface area contributed by atoms with Crippen LogP contribution in [0.25, 0.3) is 11.3 Å². The van der Waals surface area contributed by atoms with Crippen molar-refractivity contribution < 1.29 is 32.5 Å². The smallest absolute Gasteiger partial charge is 0.436 e. The van der Waals surface area contributed by atoms with Crippen LogP contribution >= 0.6 is 0 Å². The van der Waals surface area contributed by atoms with Crippen LogP contribution in [-0.2, 0) is 6.18 Å². The Kier molecular flexibility index (Phi) is 3.99. The SMILES string of the molecule is Oc1ccc(-c2n[nH]c(C(F)(F)F)c2Oc2ccc(F)cc2)c(O)c1. The highest BCUT2D eigenvalue weighted by atomic mass is 19.4. The number of aromatic hydroxyl groups is 2. The lowest BCUT2D eigenvalue weighted by atomic mass is 10.1. The van der Waals surface area contributed by atoms with Crippen LogP contribution in [0.2, 0.25) is 0 Å². The van der Waals surface area contributed by atoms with Crippen molar-refractivity contribution in [1.82, 2.24) is 10.2 Å². The predicted molar refractivity (Wildman–Crippen MR) is 78.8 cm³/mol. The summed E-state index contributed by atoms with van der Waals surface area (Å²) >= 11 is 0. The zero-order chi connectivity index (χ0) is 18.2. The number of H-pyrrole nitrogens is 1. The van der Waals surface area contributed by atoms with Gasteiger partial charge in [-0.15, -0.1) is 0 Å². The second-order valence-corrected chi connectivity index (χ2v) is 5.03. The third-order valence-corrected chi connectivity index (χ3v) is 3.28. The summed E-state index contributed by atoms with van der Waals surface area (Å²) in [5.74, 6) is -2.06. The molecular weight excluding hydrogens is 344 g/mol. The number of ether oxygens (including phenoxy) is 1. The Morgan fingerprint density at radius 3 is 2.28 bits per heavy atom. The van der Waals surface area contributed by atoms with Crippen LogP contribution < -0.4 is 4.74 Å². The number of halogens is 4. The molecule has 0 amide bonds. The number of benzene rings is 2. The Hall–Kier alpha value is -3.23. The highest BCUT2D eigenvalue weighted by Gasteiger charge is 2.39. The molecule has 3 N–H and O–H groups in total. The number of phenolic OH excluding ortho intramolecular Hbond substituents is 2. The number of rotatable bonds is 3. The largest absolute Gasteiger partial charge is 0.508 e. The van der Waals surface area contributed by atoms with Gasteiger partial charge >= 0.3 is 6.18 Å². The minimum Gasteiger partial charge on any atom is -0.508 e. The molecule has 0 spiro atoms. The van der Waals surface area contributed by atoms with Crippen LogP contribution in [0, 0.1) is 5.82 Å². The molecule has 0 fully saturated rings. The van der Waals surface area contributed by atoms with E-state index >= 15 is 0 Å². The summed E-state index contributed by atoms with van der Waals surface area (Å²) in [6.07, 6.45) is -4.80. The van der Waals surface area contributed by atoms with E-state index in [4.69, 9.17) is 4.74 Å². The van der Waals surface area contributed by atoms with Crippen LogP contribution in [0.4, 0.5) is 17.6 Å². The van der Waals surface area contributed by atoms with Crippen LogP contribution in [-0.4, -0.2) is 20.4 Å². The Morgan fingerprint density at radius 1 is 1.00 bits per heavy atom. The Morgan fingerprint density at radius 2 is 1.68 bits per heavy atom. The molecule has 0 aliphatic heterocycles. The van der Waals surface area contributed by atoms with E-state index < -0.39 is 29.2 Å². The van der Waals surface area contributed by atoms with E-state index in [1.54, 1.807) is 0 Å². The monoisotopic (exact) mass is 354 g/mol. The van der Waals surface area contributed by atoms with Gasteiger partial charge in [0.05, 0.1) is 0 Å². The van der Waals surface area contributed by atoms with Gasteiger partial charge in [0.1, 0.15) is 28.8 Å². The van der Waals surface area contributed by atoms with Gasteiger partial charge in [-0.1, -0.05) is 0 Å². The summed E-state index contributed by atoms with van der Waals surface area (Å²) in [6.45, 7) is 0. The minimum atomic E-state index is -4.80. The van der Waals surface area contributed by atoms with Gasteiger partial charge < -0.3 is 14.9 Å². The van der Waals surface area contributed by atoms with Crippen molar-refractivity contribution in [2.75, 3.05) is 0 Å². The van der Waals surface area contributed by atoms with Gasteiger partial charge in [0.2, 0.25) is 0 Å². The van der Waals surface area contributed by atoms with Gasteiger partial charge in [-0.25, -0.2) is 4.39 Å². The first-order chi connectivity index (χ1) is 11.8. The number of hydrogen-bond donors (Lipinski definition) is 3. The molecule has 9 heteroatoms. The van der Waals surface area contributed by atoms with E-state index in [2.05, 4.69) is 5.10 Å². The van der Waals surface area contributed by atoms with Crippen molar-refractivity contribution in [3.8, 4) is 34.3 Å². The van der Waals surface area contributed by atoms with Crippen molar-refractivity contribution in [3.05, 3.63) is 54.0 Å². The molecule has 1 heterocycles. The second-order valence-electron chi connectivity index (χ2n) is 5.03. The van der Waals surface area contributed by atoms with Crippen LogP contribution in [0.15, 0.2) is 42.5 Å². The zero-order valence-electron chi connectivity index (χ0n) is 12.3. The summed E-state index contributed by atoms with van der Waals surface area (Å²) in [5.41, 5.74) is -1.66. The summed E-state index contributed by atoms with van der Waals surface area (Å²) in [4.78, 5) is 0. The summed E-state index contributed by atoms with van der Waals surface area (Å²) < 4.78 is 57.8. The molecule has 1 aromatic heterocycles. The third-order valence-electron chi connectivity index (χ3n) is 3.28. The van der Waals surface area contributed by atoms with Crippen LogP contribution in [0.5, 0.6) is 23.0 Å². The average Bonchev–Trinajstić information content (AvgIpc) is 2.93. The average molecular weight is 354 g/mol. The molecule has 0 saturated carbocycles. The number of nitrogens with zero attached hydrogens (tertiary/aromatic N) is 1. The van der Waals surface area contributed by atoms with E-state index in [-0.39, 0.29) is 22.8 Å². The van der Waals surface area contributed by atoms with Gasteiger partial charge in [0.25, 0.3) is 0 Å². The van der Waals surface area contributed by atoms with Gasteiger partial charge in [-0.05, 0) is 36.4 Å². The van der Waals surface area contributed by atoms with Gasteiger partial charge in [-0.3, -0.25) is 5.10 Å². The van der Waals surface area contributed by atoms with E-state index in [1.165, 1.54) is 12.1 Å². The Bertz CT molecular complexity index is 905. The first kappa shape index (κ1) is 16.6. The van der Waals surface area contributed by atoms with Gasteiger partial charge in [-0.2, -0.15) is 18.3 Å². The first-order valence-electron chi connectivity index (χ1n) is 6.87. The molecule has 3 aromatic rings. The lowest BCUT2D eigenvalue weighted by Gasteiger charge is -2.11. The molecule has 0 saturated heterocycles. The molecule has 0 unspecified atom stereocenters. The predicted octanol–water partition coefficient (Wildman–Crippen LogP) is 4.44. The maximum Gasteiger partial charge on any atom is 0.436 e. The molecule has 25 heavy (non-hydrogen) atoms. The van der Waals surface area contributed by atoms with Crippen molar-refractivity contribution >= 4 is 0 Å². The van der Waals surface area contributed by atoms with Crippen molar-refractivity contribution in [2.24, 2.45) is 0 Å². The van der Waals surface area contributed by atoms with E-state index in [0.29, 0.717) is 0 Å². The Balaban J connectivity index is 2.13. The number of aromatic nitrogens is 2. The third kappa shape index (κ3) is 3.35. The molecule has 0 aliphatic carbocycles. The normalized spacial score (nSPS) is 11.5. The topological polar surface area (TPSA) is 78.4 Å². The molecule has 5 nitrogen and oxygen atoms in total. The lowest BCUT2D eigenvalue weighted by molar-refractivity contribution is -0.142. The zero-order valence-corrected chi connectivity index (χ0v) is 12.3. The highest BCUT2D eigenvalue weighted by Crippen LogP contribution is 2.44. The molecule has 130 valence electrons. The first-order valence-corrected chi connectivity index (χ1v) is 6.87. The quantitative estimate of drug-likeness (QED) is 0.608. The van der Waals surface area contributed by atoms with E-state index in [9.17, 15) is 27.8 Å². The Labute approximate surface area is 138 Å². The fourth-order valence-corrected chi connectivity index (χ4v) is 2.15. The molecule has 0 bridgehead atoms. The van der Waals surface area contributed by atoms with E-state index in [0.717, 1.165) is 30.3 Å². The van der Waals surface area contributed by atoms with Crippen LogP contribution in [0.3, 0.4) is 0 Å². The maximum atomic E-state index is 13.2. The number of aromatic amines is 1. The number of phenols is 2. The summed E-state index contributed by atoms with van der Waals surface area (Å²) in [5, 5.41) is 24.6. The number of hydrogen-bond acceptors (Lipinski definition) is 4. The molecule has 3 rings (SSSR count). The minimum absolute atomic E-state index is 0.0483.